The van der Waals surface area contributed by atoms with Crippen molar-refractivity contribution >= 4 is 22.0 Å². The van der Waals surface area contributed by atoms with E-state index in [9.17, 15) is 0 Å². The van der Waals surface area contributed by atoms with Crippen molar-refractivity contribution in [2.24, 2.45) is 0 Å². The number of benzene rings is 1. The highest BCUT2D eigenvalue weighted by Crippen LogP contribution is 2.26. The van der Waals surface area contributed by atoms with Crippen LogP contribution in [0.5, 0.6) is 0 Å². The van der Waals surface area contributed by atoms with E-state index in [4.69, 9.17) is 0 Å². The van der Waals surface area contributed by atoms with E-state index in [0.717, 1.165) is 6.42 Å². The third-order valence-electron chi connectivity index (χ3n) is 1.77. The molecular formula is C11H13Br. The molecule has 0 radical (unpaired) electrons. The van der Waals surface area contributed by atoms with Gasteiger partial charge in [-0.05, 0) is 23.6 Å². The maximum atomic E-state index is 3.51. The van der Waals surface area contributed by atoms with Crippen LogP contribution >= 0.6 is 15.9 Å². The topological polar surface area (TPSA) is 0 Å². The minimum absolute atomic E-state index is 1.08. The van der Waals surface area contributed by atoms with Crippen LogP contribution in [0.2, 0.25) is 0 Å². The SMILES string of the molecule is Brc1cccc2c1CC=C2.CC. The zero-order valence-corrected chi connectivity index (χ0v) is 9.06. The molecule has 1 heteroatoms. The van der Waals surface area contributed by atoms with Crippen molar-refractivity contribution in [3.8, 4) is 0 Å². The molecule has 0 unspecified atom stereocenters. The first-order valence-electron chi connectivity index (χ1n) is 4.32. The zero-order valence-electron chi connectivity index (χ0n) is 7.47. The second-order valence-electron chi connectivity index (χ2n) is 2.41. The van der Waals surface area contributed by atoms with Gasteiger partial charge in [0.25, 0.3) is 0 Å². The molecule has 0 fully saturated rings. The summed E-state index contributed by atoms with van der Waals surface area (Å²) < 4.78 is 1.23. The first kappa shape index (κ1) is 9.53. The summed E-state index contributed by atoms with van der Waals surface area (Å²) in [7, 11) is 0. The minimum atomic E-state index is 1.08. The Kier molecular flexibility index (Phi) is 3.54. The fraction of sp³-hybridized carbons (Fsp3) is 0.273. The lowest BCUT2D eigenvalue weighted by Crippen LogP contribution is -1.81. The van der Waals surface area contributed by atoms with Gasteiger partial charge in [0.1, 0.15) is 0 Å². The van der Waals surface area contributed by atoms with Gasteiger partial charge in [-0.25, -0.2) is 0 Å². The Morgan fingerprint density at radius 3 is 2.67 bits per heavy atom. The van der Waals surface area contributed by atoms with E-state index < -0.39 is 0 Å². The second-order valence-corrected chi connectivity index (χ2v) is 3.27. The van der Waals surface area contributed by atoms with Crippen LogP contribution in [0.3, 0.4) is 0 Å². The van der Waals surface area contributed by atoms with Gasteiger partial charge in [-0.15, -0.1) is 0 Å². The van der Waals surface area contributed by atoms with Crippen molar-refractivity contribution in [1.29, 1.82) is 0 Å². The number of rotatable bonds is 0. The molecule has 0 nitrogen and oxygen atoms in total. The van der Waals surface area contributed by atoms with E-state index in [1.54, 1.807) is 0 Å². The van der Waals surface area contributed by atoms with Gasteiger partial charge < -0.3 is 0 Å². The standard InChI is InChI=1S/C9H7Br.C2H6/c10-9-6-2-4-7-3-1-5-8(7)9;1-2/h1-4,6H,5H2;1-2H3. The molecule has 1 aromatic carbocycles. The van der Waals surface area contributed by atoms with Crippen molar-refractivity contribution in [1.82, 2.24) is 0 Å². The summed E-state index contributed by atoms with van der Waals surface area (Å²) in [6.45, 7) is 4.00. The molecule has 0 aromatic heterocycles. The Labute approximate surface area is 82.4 Å². The quantitative estimate of drug-likeness (QED) is 0.624. The normalized spacial score (nSPS) is 11.9. The maximum absolute atomic E-state index is 3.51. The summed E-state index contributed by atoms with van der Waals surface area (Å²) in [5, 5.41) is 0. The van der Waals surface area contributed by atoms with Crippen LogP contribution in [0.25, 0.3) is 6.08 Å². The van der Waals surface area contributed by atoms with Crippen LogP contribution in [-0.4, -0.2) is 0 Å². The van der Waals surface area contributed by atoms with Gasteiger partial charge in [0, 0.05) is 4.47 Å². The molecular weight excluding hydrogens is 212 g/mol. The first-order chi connectivity index (χ1) is 5.88. The van der Waals surface area contributed by atoms with Gasteiger partial charge in [-0.1, -0.05) is 54.1 Å². The lowest BCUT2D eigenvalue weighted by Gasteiger charge is -1.99. The van der Waals surface area contributed by atoms with Crippen molar-refractivity contribution in [2.45, 2.75) is 20.3 Å². The number of hydrogen-bond acceptors (Lipinski definition) is 0. The van der Waals surface area contributed by atoms with Crippen molar-refractivity contribution in [3.63, 3.8) is 0 Å². The highest BCUT2D eigenvalue weighted by Gasteiger charge is 2.06. The lowest BCUT2D eigenvalue weighted by atomic mass is 10.1. The van der Waals surface area contributed by atoms with Gasteiger partial charge in [0.15, 0.2) is 0 Å². The molecule has 12 heavy (non-hydrogen) atoms. The van der Waals surface area contributed by atoms with Crippen LogP contribution in [0.4, 0.5) is 0 Å². The summed E-state index contributed by atoms with van der Waals surface area (Å²) in [5.41, 5.74) is 2.77. The fourth-order valence-corrected chi connectivity index (χ4v) is 1.79. The Balaban J connectivity index is 0.000000336. The summed E-state index contributed by atoms with van der Waals surface area (Å²) in [4.78, 5) is 0. The van der Waals surface area contributed by atoms with E-state index in [1.807, 2.05) is 13.8 Å². The average molecular weight is 225 g/mol. The molecule has 0 bridgehead atoms. The van der Waals surface area contributed by atoms with Crippen molar-refractivity contribution < 1.29 is 0 Å². The van der Waals surface area contributed by atoms with Gasteiger partial charge in [0.05, 0.1) is 0 Å². The van der Waals surface area contributed by atoms with Crippen molar-refractivity contribution in [3.05, 3.63) is 39.9 Å². The Morgan fingerprint density at radius 1 is 1.25 bits per heavy atom. The number of halogens is 1. The Bertz CT molecular complexity index is 287. The predicted octanol–water partition coefficient (Wildman–Crippen LogP) is 4.04. The number of fused-ring (bicyclic) bond motifs is 1. The lowest BCUT2D eigenvalue weighted by molar-refractivity contribution is 1.29. The molecule has 0 heterocycles. The van der Waals surface area contributed by atoms with E-state index >= 15 is 0 Å². The zero-order chi connectivity index (χ0) is 8.97. The summed E-state index contributed by atoms with van der Waals surface area (Å²) >= 11 is 3.51. The van der Waals surface area contributed by atoms with E-state index in [-0.39, 0.29) is 0 Å². The van der Waals surface area contributed by atoms with E-state index in [1.165, 1.54) is 15.6 Å². The molecule has 0 spiro atoms. The molecule has 0 atom stereocenters. The second kappa shape index (κ2) is 4.46. The molecule has 0 aliphatic heterocycles. The van der Waals surface area contributed by atoms with E-state index in [0.29, 0.717) is 0 Å². The Morgan fingerprint density at radius 2 is 2.00 bits per heavy atom. The molecule has 0 saturated carbocycles. The average Bonchev–Trinajstić information content (AvgIpc) is 2.57. The highest BCUT2D eigenvalue weighted by molar-refractivity contribution is 9.10. The van der Waals surface area contributed by atoms with Gasteiger partial charge in [-0.2, -0.15) is 0 Å². The molecule has 1 aliphatic rings. The molecule has 0 N–H and O–H groups in total. The summed E-state index contributed by atoms with van der Waals surface area (Å²) in [6.07, 6.45) is 5.44. The minimum Gasteiger partial charge on any atom is -0.0795 e. The van der Waals surface area contributed by atoms with Crippen LogP contribution in [-0.2, 0) is 6.42 Å². The summed E-state index contributed by atoms with van der Waals surface area (Å²) in [6, 6.07) is 6.30. The van der Waals surface area contributed by atoms with Crippen LogP contribution < -0.4 is 0 Å². The molecule has 2 rings (SSSR count). The molecule has 1 aromatic rings. The third-order valence-corrected chi connectivity index (χ3v) is 2.52. The van der Waals surface area contributed by atoms with Crippen molar-refractivity contribution in [2.75, 3.05) is 0 Å². The largest absolute Gasteiger partial charge is 0.0795 e. The molecule has 1 aliphatic carbocycles. The van der Waals surface area contributed by atoms with Gasteiger partial charge >= 0.3 is 0 Å². The maximum Gasteiger partial charge on any atom is 0.0216 e. The summed E-state index contributed by atoms with van der Waals surface area (Å²) in [5.74, 6) is 0. The first-order valence-corrected chi connectivity index (χ1v) is 5.11. The molecule has 0 amide bonds. The predicted molar refractivity (Wildman–Crippen MR) is 58.2 cm³/mol. The number of allylic oxidation sites excluding steroid dienone is 1. The number of hydrogen-bond donors (Lipinski definition) is 0. The Hall–Kier alpha value is -0.560. The molecule has 64 valence electrons. The smallest absolute Gasteiger partial charge is 0.0216 e. The third kappa shape index (κ3) is 1.78. The highest BCUT2D eigenvalue weighted by atomic mass is 79.9. The monoisotopic (exact) mass is 224 g/mol. The van der Waals surface area contributed by atoms with E-state index in [2.05, 4.69) is 46.3 Å². The fourth-order valence-electron chi connectivity index (χ4n) is 1.25. The molecule has 0 saturated heterocycles. The van der Waals surface area contributed by atoms with Gasteiger partial charge in [0.2, 0.25) is 0 Å². The van der Waals surface area contributed by atoms with Crippen LogP contribution in [0.15, 0.2) is 28.7 Å². The van der Waals surface area contributed by atoms with Crippen LogP contribution in [0, 0.1) is 0 Å². The van der Waals surface area contributed by atoms with Crippen LogP contribution in [0.1, 0.15) is 25.0 Å². The van der Waals surface area contributed by atoms with Gasteiger partial charge in [-0.3, -0.25) is 0 Å².